The zero-order valence-corrected chi connectivity index (χ0v) is 16.6. The molecule has 1 aromatic carbocycles. The average molecular weight is 418 g/mol. The minimum Gasteiger partial charge on any atom is -0.484 e. The van der Waals surface area contributed by atoms with Crippen molar-refractivity contribution in [1.29, 1.82) is 0 Å². The van der Waals surface area contributed by atoms with Crippen LogP contribution in [0.5, 0.6) is 5.75 Å². The molecule has 8 nitrogen and oxygen atoms in total. The zero-order valence-electron chi connectivity index (χ0n) is 15.8. The van der Waals surface area contributed by atoms with Crippen molar-refractivity contribution in [2.45, 2.75) is 26.8 Å². The summed E-state index contributed by atoms with van der Waals surface area (Å²) in [5.74, 6) is -1.13. The van der Waals surface area contributed by atoms with E-state index in [0.717, 1.165) is 10.4 Å². The first-order valence-corrected chi connectivity index (χ1v) is 9.58. The third kappa shape index (κ3) is 4.96. The Kier molecular flexibility index (Phi) is 6.23. The van der Waals surface area contributed by atoms with Crippen LogP contribution in [-0.4, -0.2) is 28.0 Å². The van der Waals surface area contributed by atoms with E-state index in [4.69, 9.17) is 4.74 Å². The third-order valence-electron chi connectivity index (χ3n) is 4.26. The highest BCUT2D eigenvalue weighted by molar-refractivity contribution is 7.18. The number of benzene rings is 1. The predicted octanol–water partition coefficient (Wildman–Crippen LogP) is 1.83. The van der Waals surface area contributed by atoms with Gasteiger partial charge in [0, 0.05) is 17.8 Å². The van der Waals surface area contributed by atoms with Gasteiger partial charge in [0.15, 0.2) is 6.61 Å². The van der Waals surface area contributed by atoms with Gasteiger partial charge in [0.25, 0.3) is 11.5 Å². The van der Waals surface area contributed by atoms with Crippen molar-refractivity contribution in [3.8, 4) is 5.75 Å². The number of aromatic nitrogens is 2. The Morgan fingerprint density at radius 3 is 2.59 bits per heavy atom. The lowest BCUT2D eigenvalue weighted by Gasteiger charge is -2.09. The number of thiophene rings is 1. The molecule has 0 unspecified atom stereocenters. The molecule has 2 aromatic heterocycles. The van der Waals surface area contributed by atoms with Crippen molar-refractivity contribution in [1.82, 2.24) is 20.4 Å². The summed E-state index contributed by atoms with van der Waals surface area (Å²) in [6.07, 6.45) is 1.40. The molecule has 29 heavy (non-hydrogen) atoms. The van der Waals surface area contributed by atoms with Crippen LogP contribution < -0.4 is 21.1 Å². The lowest BCUT2D eigenvalue weighted by molar-refractivity contribution is -0.130. The highest BCUT2D eigenvalue weighted by Gasteiger charge is 2.13. The Morgan fingerprint density at radius 2 is 1.86 bits per heavy atom. The number of carbonyl (C=O) groups excluding carboxylic acids is 2. The number of carbonyl (C=O) groups is 2. The van der Waals surface area contributed by atoms with Crippen LogP contribution in [0.15, 0.2) is 35.4 Å². The van der Waals surface area contributed by atoms with Crippen molar-refractivity contribution < 1.29 is 18.7 Å². The van der Waals surface area contributed by atoms with Crippen molar-refractivity contribution >= 4 is 33.4 Å². The second-order valence-electron chi connectivity index (χ2n) is 6.30. The fourth-order valence-corrected chi connectivity index (χ4v) is 3.56. The van der Waals surface area contributed by atoms with Crippen LogP contribution in [0, 0.1) is 19.7 Å². The van der Waals surface area contributed by atoms with Crippen molar-refractivity contribution in [2.24, 2.45) is 0 Å². The lowest BCUT2D eigenvalue weighted by atomic mass is 10.2. The van der Waals surface area contributed by atoms with Gasteiger partial charge in [-0.05, 0) is 43.7 Å². The minimum atomic E-state index is -0.577. The molecule has 0 saturated carbocycles. The van der Waals surface area contributed by atoms with Crippen molar-refractivity contribution in [3.05, 3.63) is 57.2 Å². The highest BCUT2D eigenvalue weighted by atomic mass is 32.1. The number of amides is 2. The maximum absolute atomic E-state index is 12.8. The van der Waals surface area contributed by atoms with E-state index < -0.39 is 17.6 Å². The van der Waals surface area contributed by atoms with Gasteiger partial charge in [-0.1, -0.05) is 0 Å². The van der Waals surface area contributed by atoms with E-state index in [1.165, 1.54) is 46.5 Å². The van der Waals surface area contributed by atoms with E-state index in [-0.39, 0.29) is 25.1 Å². The Bertz CT molecular complexity index is 1110. The van der Waals surface area contributed by atoms with E-state index in [1.54, 1.807) is 0 Å². The Hall–Kier alpha value is -3.27. The molecule has 0 aliphatic rings. The summed E-state index contributed by atoms with van der Waals surface area (Å²) in [4.78, 5) is 42.2. The smallest absolute Gasteiger partial charge is 0.276 e. The third-order valence-corrected chi connectivity index (χ3v) is 5.38. The molecule has 0 bridgehead atoms. The maximum atomic E-state index is 12.8. The molecule has 3 rings (SSSR count). The largest absolute Gasteiger partial charge is 0.484 e. The summed E-state index contributed by atoms with van der Waals surface area (Å²) >= 11 is 1.46. The number of ether oxygens (including phenoxy) is 1. The summed E-state index contributed by atoms with van der Waals surface area (Å²) in [6, 6.07) is 5.20. The Morgan fingerprint density at radius 1 is 1.17 bits per heavy atom. The molecule has 0 atom stereocenters. The standard InChI is InChI=1S/C19H19FN4O4S/c1-11-12(2)29-18-17(11)19(27)24(10-21-18)8-7-15(25)22-23-16(26)9-28-14-5-3-13(20)4-6-14/h3-6,10H,7-9H2,1-2H3,(H,22,25)(H,23,26). The molecule has 0 radical (unpaired) electrons. The van der Waals surface area contributed by atoms with E-state index >= 15 is 0 Å². The topological polar surface area (TPSA) is 102 Å². The molecule has 0 aliphatic heterocycles. The molecule has 0 spiro atoms. The number of halogens is 1. The van der Waals surface area contributed by atoms with E-state index in [9.17, 15) is 18.8 Å². The lowest BCUT2D eigenvalue weighted by Crippen LogP contribution is -2.44. The first-order valence-electron chi connectivity index (χ1n) is 8.76. The summed E-state index contributed by atoms with van der Waals surface area (Å²) < 4.78 is 19.4. The van der Waals surface area contributed by atoms with E-state index in [0.29, 0.717) is 16.0 Å². The summed E-state index contributed by atoms with van der Waals surface area (Å²) in [5.41, 5.74) is 5.18. The van der Waals surface area contributed by atoms with E-state index in [2.05, 4.69) is 15.8 Å². The van der Waals surface area contributed by atoms with Gasteiger partial charge in [-0.25, -0.2) is 9.37 Å². The van der Waals surface area contributed by atoms with Gasteiger partial charge in [0.1, 0.15) is 16.4 Å². The predicted molar refractivity (Wildman–Crippen MR) is 106 cm³/mol. The van der Waals surface area contributed by atoms with Gasteiger partial charge in [0.05, 0.1) is 11.7 Å². The number of aryl methyl sites for hydroxylation is 3. The van der Waals surface area contributed by atoms with Crippen LogP contribution in [0.2, 0.25) is 0 Å². The quantitative estimate of drug-likeness (QED) is 0.595. The number of hydrogen-bond acceptors (Lipinski definition) is 6. The SMILES string of the molecule is Cc1sc2ncn(CCC(=O)NNC(=O)COc3ccc(F)cc3)c(=O)c2c1C. The number of rotatable bonds is 6. The van der Waals surface area contributed by atoms with Crippen LogP contribution >= 0.6 is 11.3 Å². The van der Waals surface area contributed by atoms with Gasteiger partial charge in [-0.15, -0.1) is 11.3 Å². The van der Waals surface area contributed by atoms with E-state index in [1.807, 2.05) is 13.8 Å². The molecular formula is C19H19FN4O4S. The van der Waals surface area contributed by atoms with Gasteiger partial charge >= 0.3 is 0 Å². The van der Waals surface area contributed by atoms with Crippen molar-refractivity contribution in [3.63, 3.8) is 0 Å². The molecule has 0 fully saturated rings. The summed E-state index contributed by atoms with van der Waals surface area (Å²) in [6.45, 7) is 3.59. The Balaban J connectivity index is 1.47. The Labute approximate surface area is 169 Å². The molecule has 10 heteroatoms. The fraction of sp³-hybridized carbons (Fsp3) is 0.263. The number of hydrazine groups is 1. The first kappa shape index (κ1) is 20.5. The number of nitrogens with one attached hydrogen (secondary N) is 2. The summed E-state index contributed by atoms with van der Waals surface area (Å²) in [5, 5.41) is 0.571. The molecule has 2 N–H and O–H groups in total. The molecule has 2 amide bonds. The van der Waals surface area contributed by atoms with Crippen LogP contribution in [0.25, 0.3) is 10.2 Å². The van der Waals surface area contributed by atoms with Gasteiger partial charge < -0.3 is 4.74 Å². The fourth-order valence-electron chi connectivity index (χ4n) is 2.57. The number of nitrogens with zero attached hydrogens (tertiary/aromatic N) is 2. The maximum Gasteiger partial charge on any atom is 0.276 e. The molecule has 3 aromatic rings. The number of fused-ring (bicyclic) bond motifs is 1. The highest BCUT2D eigenvalue weighted by Crippen LogP contribution is 2.25. The molecule has 152 valence electrons. The summed E-state index contributed by atoms with van der Waals surface area (Å²) in [7, 11) is 0. The van der Waals surface area contributed by atoms with Crippen LogP contribution in [0.1, 0.15) is 16.9 Å². The monoisotopic (exact) mass is 418 g/mol. The zero-order chi connectivity index (χ0) is 21.0. The number of hydrogen-bond donors (Lipinski definition) is 2. The van der Waals surface area contributed by atoms with Gasteiger partial charge in [-0.3, -0.25) is 29.8 Å². The molecule has 0 aliphatic carbocycles. The average Bonchev–Trinajstić information content (AvgIpc) is 3.00. The second kappa shape index (κ2) is 8.82. The van der Waals surface area contributed by atoms with Crippen LogP contribution in [0.4, 0.5) is 4.39 Å². The molecule has 0 saturated heterocycles. The van der Waals surface area contributed by atoms with Crippen molar-refractivity contribution in [2.75, 3.05) is 6.61 Å². The normalized spacial score (nSPS) is 10.7. The minimum absolute atomic E-state index is 0.0195. The van der Waals surface area contributed by atoms with Gasteiger partial charge in [0.2, 0.25) is 5.91 Å². The molecule has 2 heterocycles. The van der Waals surface area contributed by atoms with Crippen LogP contribution in [0.3, 0.4) is 0 Å². The van der Waals surface area contributed by atoms with Gasteiger partial charge in [-0.2, -0.15) is 0 Å². The molecular weight excluding hydrogens is 399 g/mol. The second-order valence-corrected chi connectivity index (χ2v) is 7.50. The van der Waals surface area contributed by atoms with Crippen LogP contribution in [-0.2, 0) is 16.1 Å². The first-order chi connectivity index (χ1) is 13.8.